The van der Waals surface area contributed by atoms with Gasteiger partial charge in [0.25, 0.3) is 5.91 Å². The molecule has 160 valence electrons. The molecule has 1 aromatic carbocycles. The van der Waals surface area contributed by atoms with Crippen molar-refractivity contribution in [3.8, 4) is 0 Å². The minimum atomic E-state index is -4.67. The number of carbonyl (C=O) groups is 4. The van der Waals surface area contributed by atoms with Gasteiger partial charge in [-0.3, -0.25) is 14.1 Å². The maximum absolute atomic E-state index is 12.5. The number of carboxylic acid groups (broad SMARTS) is 2. The van der Waals surface area contributed by atoms with Gasteiger partial charge in [0.05, 0.1) is 6.04 Å². The summed E-state index contributed by atoms with van der Waals surface area (Å²) in [6.45, 7) is 0.122. The second kappa shape index (κ2) is 11.3. The van der Waals surface area contributed by atoms with Crippen molar-refractivity contribution in [3.63, 3.8) is 0 Å². The molecule has 0 aromatic heterocycles. The SMILES string of the molecule is O=C([O-])Cc1ccc(/C=C/C(=O)N2CC[C@@H]3[C@H]2C(=O)N3S(=O)(=O)O)cc1CC(=O)[O-].[Na+].[Na+]. The van der Waals surface area contributed by atoms with Gasteiger partial charge in [0.15, 0.2) is 0 Å². The van der Waals surface area contributed by atoms with Crippen LogP contribution >= 0.6 is 0 Å². The zero-order valence-corrected chi connectivity index (χ0v) is 22.2. The van der Waals surface area contributed by atoms with E-state index in [1.165, 1.54) is 29.2 Å². The van der Waals surface area contributed by atoms with Crippen LogP contribution in [0.15, 0.2) is 24.3 Å². The predicted octanol–water partition coefficient (Wildman–Crippen LogP) is -9.09. The molecule has 2 amide bonds. The topological polar surface area (TPSA) is 175 Å². The van der Waals surface area contributed by atoms with E-state index in [2.05, 4.69) is 0 Å². The fourth-order valence-corrected chi connectivity index (χ4v) is 4.62. The van der Waals surface area contributed by atoms with Gasteiger partial charge >= 0.3 is 69.4 Å². The number of fused-ring (bicyclic) bond motifs is 1. The van der Waals surface area contributed by atoms with E-state index in [1.54, 1.807) is 0 Å². The van der Waals surface area contributed by atoms with Crippen LogP contribution in [0.4, 0.5) is 0 Å². The van der Waals surface area contributed by atoms with Crippen molar-refractivity contribution in [2.24, 2.45) is 0 Å². The molecule has 3 rings (SSSR count). The number of nitrogens with zero attached hydrogens (tertiary/aromatic N) is 2. The zero-order valence-electron chi connectivity index (χ0n) is 17.4. The van der Waals surface area contributed by atoms with Crippen molar-refractivity contribution in [2.45, 2.75) is 31.3 Å². The van der Waals surface area contributed by atoms with E-state index in [0.29, 0.717) is 9.87 Å². The first-order valence-corrected chi connectivity index (χ1v) is 10.2. The average Bonchev–Trinajstić information content (AvgIpc) is 2.98. The number of hydrogen-bond acceptors (Lipinski definition) is 8. The average molecular weight is 482 g/mol. The zero-order chi connectivity index (χ0) is 22.2. The Kier molecular flexibility index (Phi) is 10.1. The molecular weight excluding hydrogens is 466 g/mol. The summed E-state index contributed by atoms with van der Waals surface area (Å²) in [7, 11) is -4.67. The van der Waals surface area contributed by atoms with Crippen LogP contribution in [0, 0.1) is 0 Å². The molecule has 14 heteroatoms. The number of hydrogen-bond donors (Lipinski definition) is 1. The Hall–Kier alpha value is -1.25. The van der Waals surface area contributed by atoms with Crippen LogP contribution < -0.4 is 69.3 Å². The molecule has 11 nitrogen and oxygen atoms in total. The summed E-state index contributed by atoms with van der Waals surface area (Å²) in [4.78, 5) is 47.4. The fourth-order valence-electron chi connectivity index (χ4n) is 3.72. The first kappa shape index (κ1) is 28.8. The molecule has 0 aliphatic carbocycles. The van der Waals surface area contributed by atoms with E-state index in [0.717, 1.165) is 6.08 Å². The summed E-state index contributed by atoms with van der Waals surface area (Å²) < 4.78 is 31.9. The van der Waals surface area contributed by atoms with Crippen LogP contribution in [0.25, 0.3) is 6.08 Å². The summed E-state index contributed by atoms with van der Waals surface area (Å²) >= 11 is 0. The normalized spacial score (nSPS) is 19.6. The van der Waals surface area contributed by atoms with Crippen molar-refractivity contribution in [1.29, 1.82) is 0 Å². The summed E-state index contributed by atoms with van der Waals surface area (Å²) in [6, 6.07) is 2.52. The van der Waals surface area contributed by atoms with Crippen LogP contribution in [0.1, 0.15) is 23.1 Å². The van der Waals surface area contributed by atoms with Gasteiger partial charge in [-0.15, -0.1) is 0 Å². The first-order valence-electron chi connectivity index (χ1n) is 8.80. The Bertz CT molecular complexity index is 1070. The van der Waals surface area contributed by atoms with Gasteiger partial charge in [0.1, 0.15) is 6.04 Å². The van der Waals surface area contributed by atoms with E-state index in [-0.39, 0.29) is 83.2 Å². The molecule has 2 aliphatic rings. The molecular formula is C18H16N2Na2O9S. The van der Waals surface area contributed by atoms with Gasteiger partial charge < -0.3 is 24.7 Å². The summed E-state index contributed by atoms with van der Waals surface area (Å²) in [5.41, 5.74) is 0.861. The standard InChI is InChI=1S/C18H18N2O9S.2Na/c21-14(19-6-5-13-17(19)18(26)20(13)30(27,28)29)4-2-10-1-3-11(8-15(22)23)12(7-10)9-16(24)25;;/h1-4,7,13,17H,5-6,8-9H2,(H,22,23)(H,24,25)(H,27,28,29);;/q;2*+1/p-2/b4-2+;;/t13-,17+;;/m1../s1. The van der Waals surface area contributed by atoms with E-state index < -0.39 is 59.0 Å². The number of rotatable bonds is 7. The Morgan fingerprint density at radius 1 is 1.09 bits per heavy atom. The number of carbonyl (C=O) groups excluding carboxylic acids is 4. The van der Waals surface area contributed by atoms with Crippen molar-refractivity contribution < 1.29 is 101 Å². The van der Waals surface area contributed by atoms with Crippen molar-refractivity contribution in [1.82, 2.24) is 9.21 Å². The number of aliphatic carboxylic acids is 2. The van der Waals surface area contributed by atoms with Gasteiger partial charge in [-0.25, -0.2) is 4.31 Å². The number of β-lactam (4-membered cyclic amide) rings is 1. The summed E-state index contributed by atoms with van der Waals surface area (Å²) in [6.07, 6.45) is 1.70. The van der Waals surface area contributed by atoms with Gasteiger partial charge in [-0.2, -0.15) is 8.42 Å². The van der Waals surface area contributed by atoms with E-state index in [1.807, 2.05) is 0 Å². The molecule has 1 N–H and O–H groups in total. The molecule has 0 radical (unpaired) electrons. The van der Waals surface area contributed by atoms with Crippen molar-refractivity contribution in [2.75, 3.05) is 6.54 Å². The number of likely N-dealkylation sites (tertiary alicyclic amines) is 1. The molecule has 0 saturated carbocycles. The largest absolute Gasteiger partial charge is 1.00 e. The predicted molar refractivity (Wildman–Crippen MR) is 95.2 cm³/mol. The summed E-state index contributed by atoms with van der Waals surface area (Å²) in [5, 5.41) is 21.7. The van der Waals surface area contributed by atoms with Crippen LogP contribution in [-0.4, -0.2) is 64.6 Å². The molecule has 0 spiro atoms. The van der Waals surface area contributed by atoms with Crippen LogP contribution in [0.3, 0.4) is 0 Å². The van der Waals surface area contributed by atoms with E-state index in [4.69, 9.17) is 4.55 Å². The Morgan fingerprint density at radius 3 is 2.25 bits per heavy atom. The summed E-state index contributed by atoms with van der Waals surface area (Å²) in [5.74, 6) is -4.22. The maximum atomic E-state index is 12.5. The maximum Gasteiger partial charge on any atom is 1.00 e. The van der Waals surface area contributed by atoms with E-state index >= 15 is 0 Å². The third kappa shape index (κ3) is 6.20. The van der Waals surface area contributed by atoms with Crippen molar-refractivity contribution in [3.05, 3.63) is 41.0 Å². The molecule has 0 bridgehead atoms. The molecule has 2 aliphatic heterocycles. The molecule has 0 unspecified atom stereocenters. The van der Waals surface area contributed by atoms with Gasteiger partial charge in [-0.05, 0) is 29.2 Å². The Morgan fingerprint density at radius 2 is 1.69 bits per heavy atom. The number of carboxylic acids is 2. The number of benzene rings is 1. The molecule has 2 heterocycles. The molecule has 1 aromatic rings. The molecule has 2 saturated heterocycles. The number of amides is 2. The minimum absolute atomic E-state index is 0. The van der Waals surface area contributed by atoms with E-state index in [9.17, 15) is 37.8 Å². The quantitative estimate of drug-likeness (QED) is 0.171. The fraction of sp³-hybridized carbons (Fsp3) is 0.333. The van der Waals surface area contributed by atoms with Gasteiger partial charge in [0.2, 0.25) is 5.91 Å². The second-order valence-corrected chi connectivity index (χ2v) is 8.19. The van der Waals surface area contributed by atoms with Gasteiger partial charge in [0, 0.05) is 37.4 Å². The second-order valence-electron chi connectivity index (χ2n) is 6.90. The third-order valence-electron chi connectivity index (χ3n) is 4.99. The third-order valence-corrected chi connectivity index (χ3v) is 5.94. The van der Waals surface area contributed by atoms with Crippen LogP contribution in [0.5, 0.6) is 0 Å². The molecule has 2 atom stereocenters. The van der Waals surface area contributed by atoms with Gasteiger partial charge in [-0.1, -0.05) is 18.2 Å². The minimum Gasteiger partial charge on any atom is -0.550 e. The molecule has 2 fully saturated rings. The Balaban J connectivity index is 0.00000256. The van der Waals surface area contributed by atoms with Crippen LogP contribution in [0.2, 0.25) is 0 Å². The molecule has 32 heavy (non-hydrogen) atoms. The Labute approximate surface area is 227 Å². The monoisotopic (exact) mass is 482 g/mol. The smallest absolute Gasteiger partial charge is 0.550 e. The van der Waals surface area contributed by atoms with Crippen LogP contribution in [-0.2, 0) is 42.3 Å². The first-order chi connectivity index (χ1) is 14.0. The van der Waals surface area contributed by atoms with Crippen molar-refractivity contribution >= 4 is 40.1 Å².